The number of alkyl halides is 1. The van der Waals surface area contributed by atoms with Gasteiger partial charge in [-0.1, -0.05) is 40.2 Å². The Bertz CT molecular complexity index is 517. The van der Waals surface area contributed by atoms with Crippen LogP contribution in [0.15, 0.2) is 42.5 Å². The highest BCUT2D eigenvalue weighted by atomic mass is 79.9. The Kier molecular flexibility index (Phi) is 4.59. The number of hydrogen-bond acceptors (Lipinski definition) is 3. The molecule has 18 heavy (non-hydrogen) atoms. The summed E-state index contributed by atoms with van der Waals surface area (Å²) < 4.78 is 10.8. The lowest BCUT2D eigenvalue weighted by molar-refractivity contribution is 0.296. The zero-order chi connectivity index (χ0) is 12.8. The smallest absolute Gasteiger partial charge is 0.213 e. The molecule has 1 aromatic carbocycles. The van der Waals surface area contributed by atoms with Crippen LogP contribution in [0.5, 0.6) is 11.6 Å². The molecule has 2 rings (SSSR count). The predicted molar refractivity (Wildman–Crippen MR) is 74.2 cm³/mol. The third-order valence-corrected chi connectivity index (χ3v) is 3.09. The summed E-state index contributed by atoms with van der Waals surface area (Å²) in [6.07, 6.45) is 0. The van der Waals surface area contributed by atoms with Crippen LogP contribution in [0.1, 0.15) is 11.3 Å². The normalized spacial score (nSPS) is 10.1. The van der Waals surface area contributed by atoms with Crippen LogP contribution in [0.3, 0.4) is 0 Å². The minimum Gasteiger partial charge on any atom is -0.487 e. The molecule has 0 bridgehead atoms. The van der Waals surface area contributed by atoms with Gasteiger partial charge in [0.1, 0.15) is 12.4 Å². The van der Waals surface area contributed by atoms with E-state index in [1.165, 1.54) is 0 Å². The van der Waals surface area contributed by atoms with Crippen LogP contribution in [-0.4, -0.2) is 12.1 Å². The SMILES string of the molecule is COc1cccc(COc2ccccc2CBr)n1. The van der Waals surface area contributed by atoms with Crippen molar-refractivity contribution in [2.75, 3.05) is 7.11 Å². The van der Waals surface area contributed by atoms with Gasteiger partial charge in [0, 0.05) is 17.0 Å². The number of ether oxygens (including phenoxy) is 2. The number of aromatic nitrogens is 1. The molecule has 0 amide bonds. The molecule has 0 saturated carbocycles. The first kappa shape index (κ1) is 12.9. The van der Waals surface area contributed by atoms with Gasteiger partial charge in [0.05, 0.1) is 12.8 Å². The molecule has 0 fully saturated rings. The molecule has 0 radical (unpaired) electrons. The number of halogens is 1. The molecule has 0 N–H and O–H groups in total. The maximum Gasteiger partial charge on any atom is 0.213 e. The molecule has 94 valence electrons. The van der Waals surface area contributed by atoms with E-state index >= 15 is 0 Å². The van der Waals surface area contributed by atoms with Crippen LogP contribution in [-0.2, 0) is 11.9 Å². The second-order valence-electron chi connectivity index (χ2n) is 3.70. The average Bonchev–Trinajstić information content (AvgIpc) is 2.45. The van der Waals surface area contributed by atoms with Crippen LogP contribution >= 0.6 is 15.9 Å². The molecule has 0 aliphatic carbocycles. The minimum atomic E-state index is 0.432. The van der Waals surface area contributed by atoms with Gasteiger partial charge in [-0.15, -0.1) is 0 Å². The zero-order valence-electron chi connectivity index (χ0n) is 10.1. The zero-order valence-corrected chi connectivity index (χ0v) is 11.7. The Morgan fingerprint density at radius 1 is 1.11 bits per heavy atom. The van der Waals surface area contributed by atoms with E-state index in [9.17, 15) is 0 Å². The summed E-state index contributed by atoms with van der Waals surface area (Å²) in [6.45, 7) is 0.432. The van der Waals surface area contributed by atoms with Crippen molar-refractivity contribution in [2.45, 2.75) is 11.9 Å². The molecule has 0 aliphatic heterocycles. The second-order valence-corrected chi connectivity index (χ2v) is 4.26. The van der Waals surface area contributed by atoms with Crippen molar-refractivity contribution in [1.82, 2.24) is 4.98 Å². The van der Waals surface area contributed by atoms with Crippen LogP contribution in [0.2, 0.25) is 0 Å². The van der Waals surface area contributed by atoms with Crippen molar-refractivity contribution in [2.24, 2.45) is 0 Å². The van der Waals surface area contributed by atoms with Crippen molar-refractivity contribution in [3.05, 3.63) is 53.7 Å². The third kappa shape index (κ3) is 3.23. The van der Waals surface area contributed by atoms with Crippen molar-refractivity contribution >= 4 is 15.9 Å². The minimum absolute atomic E-state index is 0.432. The number of benzene rings is 1. The van der Waals surface area contributed by atoms with Gasteiger partial charge in [0.2, 0.25) is 5.88 Å². The van der Waals surface area contributed by atoms with E-state index in [1.54, 1.807) is 7.11 Å². The van der Waals surface area contributed by atoms with Gasteiger partial charge in [-0.25, -0.2) is 4.98 Å². The van der Waals surface area contributed by atoms with E-state index < -0.39 is 0 Å². The molecule has 0 saturated heterocycles. The lowest BCUT2D eigenvalue weighted by Gasteiger charge is -2.09. The van der Waals surface area contributed by atoms with Crippen molar-refractivity contribution in [1.29, 1.82) is 0 Å². The van der Waals surface area contributed by atoms with Gasteiger partial charge in [0.25, 0.3) is 0 Å². The van der Waals surface area contributed by atoms with E-state index in [0.29, 0.717) is 12.5 Å². The number of hydrogen-bond donors (Lipinski definition) is 0. The standard InChI is InChI=1S/C14H14BrNO2/c1-17-14-8-4-6-12(16-14)10-18-13-7-3-2-5-11(13)9-15/h2-8H,9-10H2,1H3. The third-order valence-electron chi connectivity index (χ3n) is 2.48. The monoisotopic (exact) mass is 307 g/mol. The fourth-order valence-electron chi connectivity index (χ4n) is 1.56. The summed E-state index contributed by atoms with van der Waals surface area (Å²) in [5, 5.41) is 0.773. The Hall–Kier alpha value is -1.55. The van der Waals surface area contributed by atoms with Gasteiger partial charge < -0.3 is 9.47 Å². The lowest BCUT2D eigenvalue weighted by atomic mass is 10.2. The summed E-state index contributed by atoms with van der Waals surface area (Å²) in [7, 11) is 1.60. The van der Waals surface area contributed by atoms with Crippen molar-refractivity contribution < 1.29 is 9.47 Å². The van der Waals surface area contributed by atoms with Crippen LogP contribution in [0, 0.1) is 0 Å². The van der Waals surface area contributed by atoms with Gasteiger partial charge in [0.15, 0.2) is 0 Å². The first-order chi connectivity index (χ1) is 8.83. The number of pyridine rings is 1. The van der Waals surface area contributed by atoms with E-state index in [-0.39, 0.29) is 0 Å². The number of nitrogens with zero attached hydrogens (tertiary/aromatic N) is 1. The van der Waals surface area contributed by atoms with Crippen LogP contribution in [0.25, 0.3) is 0 Å². The summed E-state index contributed by atoms with van der Waals surface area (Å²) in [4.78, 5) is 4.30. The van der Waals surface area contributed by atoms with E-state index in [2.05, 4.69) is 20.9 Å². The van der Waals surface area contributed by atoms with Gasteiger partial charge in [-0.3, -0.25) is 0 Å². The van der Waals surface area contributed by atoms with E-state index in [4.69, 9.17) is 9.47 Å². The maximum atomic E-state index is 5.77. The van der Waals surface area contributed by atoms with Crippen LogP contribution in [0.4, 0.5) is 0 Å². The Morgan fingerprint density at radius 2 is 1.94 bits per heavy atom. The van der Waals surface area contributed by atoms with Gasteiger partial charge in [-0.05, 0) is 12.1 Å². The molecule has 1 aromatic heterocycles. The number of methoxy groups -OCH3 is 1. The lowest BCUT2D eigenvalue weighted by Crippen LogP contribution is -2.00. The van der Waals surface area contributed by atoms with Gasteiger partial charge in [-0.2, -0.15) is 0 Å². The summed E-state index contributed by atoms with van der Waals surface area (Å²) >= 11 is 3.44. The predicted octanol–water partition coefficient (Wildman–Crippen LogP) is 3.56. The first-order valence-corrected chi connectivity index (χ1v) is 6.72. The molecule has 0 atom stereocenters. The molecule has 2 aromatic rings. The summed E-state index contributed by atoms with van der Waals surface area (Å²) in [5.74, 6) is 1.48. The Morgan fingerprint density at radius 3 is 2.72 bits per heavy atom. The highest BCUT2D eigenvalue weighted by Crippen LogP contribution is 2.21. The van der Waals surface area contributed by atoms with E-state index in [1.807, 2.05) is 42.5 Å². The Labute approximate surface area is 115 Å². The molecule has 0 aliphatic rings. The second kappa shape index (κ2) is 6.40. The van der Waals surface area contributed by atoms with Crippen molar-refractivity contribution in [3.8, 4) is 11.6 Å². The number of rotatable bonds is 5. The van der Waals surface area contributed by atoms with Crippen LogP contribution < -0.4 is 9.47 Å². The highest BCUT2D eigenvalue weighted by Gasteiger charge is 2.03. The molecular formula is C14H14BrNO2. The maximum absolute atomic E-state index is 5.77. The molecule has 3 nitrogen and oxygen atoms in total. The fraction of sp³-hybridized carbons (Fsp3) is 0.214. The average molecular weight is 308 g/mol. The van der Waals surface area contributed by atoms with Gasteiger partial charge >= 0.3 is 0 Å². The molecular weight excluding hydrogens is 294 g/mol. The molecule has 1 heterocycles. The van der Waals surface area contributed by atoms with E-state index in [0.717, 1.165) is 22.3 Å². The summed E-state index contributed by atoms with van der Waals surface area (Å²) in [5.41, 5.74) is 1.97. The number of para-hydroxylation sites is 1. The molecule has 0 unspecified atom stereocenters. The Balaban J connectivity index is 2.06. The quantitative estimate of drug-likeness (QED) is 0.791. The summed E-state index contributed by atoms with van der Waals surface area (Å²) in [6, 6.07) is 13.6. The fourth-order valence-corrected chi connectivity index (χ4v) is 2.02. The topological polar surface area (TPSA) is 31.4 Å². The highest BCUT2D eigenvalue weighted by molar-refractivity contribution is 9.08. The molecule has 4 heteroatoms. The first-order valence-electron chi connectivity index (χ1n) is 5.60. The largest absolute Gasteiger partial charge is 0.487 e. The van der Waals surface area contributed by atoms with Crippen molar-refractivity contribution in [3.63, 3.8) is 0 Å². The molecule has 0 spiro atoms.